The lowest BCUT2D eigenvalue weighted by Gasteiger charge is -2.15. The SMILES string of the molecule is O=C(Cn1c(=O)n(-c2ccc(CC(=O)NC3CCCC3)cc2)c(=O)c2ccccc21)Nc1ccccc1F. The molecule has 1 aliphatic carbocycles. The third-order valence-electron chi connectivity index (χ3n) is 6.78. The number of rotatable bonds is 7. The summed E-state index contributed by atoms with van der Waals surface area (Å²) in [6, 6.07) is 19.1. The van der Waals surface area contributed by atoms with Crippen molar-refractivity contribution in [3.63, 3.8) is 0 Å². The molecule has 5 rings (SSSR count). The average Bonchev–Trinajstić information content (AvgIpc) is 3.42. The van der Waals surface area contributed by atoms with Crippen LogP contribution in [0.1, 0.15) is 31.2 Å². The van der Waals surface area contributed by atoms with E-state index in [1.807, 2.05) is 0 Å². The van der Waals surface area contributed by atoms with E-state index in [-0.39, 0.29) is 29.4 Å². The number of hydrogen-bond acceptors (Lipinski definition) is 4. The first-order chi connectivity index (χ1) is 18.4. The number of nitrogens with zero attached hydrogens (tertiary/aromatic N) is 2. The Morgan fingerprint density at radius 3 is 2.29 bits per heavy atom. The lowest BCUT2D eigenvalue weighted by molar-refractivity contribution is -0.121. The summed E-state index contributed by atoms with van der Waals surface area (Å²) >= 11 is 0. The van der Waals surface area contributed by atoms with Crippen LogP contribution in [0, 0.1) is 5.82 Å². The van der Waals surface area contributed by atoms with E-state index >= 15 is 0 Å². The van der Waals surface area contributed by atoms with Crippen LogP contribution < -0.4 is 21.9 Å². The molecule has 8 nitrogen and oxygen atoms in total. The van der Waals surface area contributed by atoms with Crippen molar-refractivity contribution in [3.8, 4) is 5.69 Å². The van der Waals surface area contributed by atoms with Crippen molar-refractivity contribution in [3.05, 3.63) is 105 Å². The minimum absolute atomic E-state index is 0.00395. The molecule has 0 spiro atoms. The Bertz CT molecular complexity index is 1620. The second-order valence-corrected chi connectivity index (χ2v) is 9.45. The Morgan fingerprint density at radius 1 is 0.868 bits per heavy atom. The molecular weight excluding hydrogens is 487 g/mol. The second kappa shape index (κ2) is 10.8. The number of benzene rings is 3. The molecule has 1 saturated carbocycles. The van der Waals surface area contributed by atoms with Gasteiger partial charge in [-0.2, -0.15) is 0 Å². The minimum atomic E-state index is -0.705. The van der Waals surface area contributed by atoms with Gasteiger partial charge < -0.3 is 10.6 Å². The molecular formula is C29H27FN4O4. The fourth-order valence-electron chi connectivity index (χ4n) is 4.89. The zero-order chi connectivity index (χ0) is 26.6. The van der Waals surface area contributed by atoms with Gasteiger partial charge in [0.05, 0.1) is 28.7 Å². The maximum Gasteiger partial charge on any atom is 0.336 e. The Hall–Kier alpha value is -4.53. The van der Waals surface area contributed by atoms with Gasteiger partial charge >= 0.3 is 5.69 Å². The van der Waals surface area contributed by atoms with Gasteiger partial charge in [0.1, 0.15) is 12.4 Å². The van der Waals surface area contributed by atoms with Gasteiger partial charge in [0.2, 0.25) is 11.8 Å². The zero-order valence-corrected chi connectivity index (χ0v) is 20.7. The predicted molar refractivity (Wildman–Crippen MR) is 143 cm³/mol. The highest BCUT2D eigenvalue weighted by Gasteiger charge is 2.19. The van der Waals surface area contributed by atoms with Crippen molar-refractivity contribution in [2.24, 2.45) is 0 Å². The highest BCUT2D eigenvalue weighted by Crippen LogP contribution is 2.18. The standard InChI is InChI=1S/C29H27FN4O4/c30-23-10-4-5-11-24(23)32-27(36)18-33-25-12-6-3-9-22(25)28(37)34(29(33)38)21-15-13-19(14-16-21)17-26(35)31-20-7-1-2-8-20/h3-6,9-16,20H,1-2,7-8,17-18H2,(H,31,35)(H,32,36). The van der Waals surface area contributed by atoms with Gasteiger partial charge in [-0.25, -0.2) is 13.8 Å². The smallest absolute Gasteiger partial charge is 0.336 e. The Balaban J connectivity index is 1.44. The van der Waals surface area contributed by atoms with E-state index in [2.05, 4.69) is 10.6 Å². The van der Waals surface area contributed by atoms with Gasteiger partial charge in [-0.1, -0.05) is 49.2 Å². The van der Waals surface area contributed by atoms with Crippen molar-refractivity contribution < 1.29 is 14.0 Å². The van der Waals surface area contributed by atoms with Gasteiger partial charge in [-0.05, 0) is 54.8 Å². The number of para-hydroxylation sites is 2. The molecule has 3 aromatic carbocycles. The van der Waals surface area contributed by atoms with Crippen LogP contribution in [0.4, 0.5) is 10.1 Å². The van der Waals surface area contributed by atoms with Crippen LogP contribution in [-0.4, -0.2) is 27.0 Å². The summed E-state index contributed by atoms with van der Waals surface area (Å²) in [7, 11) is 0. The molecule has 1 heterocycles. The first-order valence-corrected chi connectivity index (χ1v) is 12.6. The number of aromatic nitrogens is 2. The molecule has 2 N–H and O–H groups in total. The summed E-state index contributed by atoms with van der Waals surface area (Å²) in [5.41, 5.74) is 0.127. The summed E-state index contributed by atoms with van der Waals surface area (Å²) in [5.74, 6) is -1.27. The van der Waals surface area contributed by atoms with Gasteiger partial charge in [-0.3, -0.25) is 19.0 Å². The first kappa shape index (κ1) is 25.1. The number of hydrogen-bond donors (Lipinski definition) is 2. The molecule has 0 bridgehead atoms. The van der Waals surface area contributed by atoms with Crippen LogP contribution in [-0.2, 0) is 22.6 Å². The Labute approximate surface area is 217 Å². The summed E-state index contributed by atoms with van der Waals surface area (Å²) in [5, 5.41) is 5.78. The molecule has 0 aliphatic heterocycles. The molecule has 1 fully saturated rings. The number of halogens is 1. The quantitative estimate of drug-likeness (QED) is 0.394. The van der Waals surface area contributed by atoms with Crippen LogP contribution >= 0.6 is 0 Å². The molecule has 194 valence electrons. The number of carbonyl (C=O) groups excluding carboxylic acids is 2. The highest BCUT2D eigenvalue weighted by molar-refractivity contribution is 5.91. The average molecular weight is 515 g/mol. The van der Waals surface area contributed by atoms with Crippen molar-refractivity contribution in [1.29, 1.82) is 0 Å². The summed E-state index contributed by atoms with van der Waals surface area (Å²) in [6.45, 7) is -0.423. The zero-order valence-electron chi connectivity index (χ0n) is 20.7. The molecule has 38 heavy (non-hydrogen) atoms. The summed E-state index contributed by atoms with van der Waals surface area (Å²) in [6.07, 6.45) is 4.45. The largest absolute Gasteiger partial charge is 0.353 e. The minimum Gasteiger partial charge on any atom is -0.353 e. The van der Waals surface area contributed by atoms with E-state index in [9.17, 15) is 23.6 Å². The lowest BCUT2D eigenvalue weighted by Crippen LogP contribution is -2.40. The predicted octanol–water partition coefficient (Wildman–Crippen LogP) is 3.53. The van der Waals surface area contributed by atoms with Crippen molar-refractivity contribution in [1.82, 2.24) is 14.5 Å². The molecule has 9 heteroatoms. The fourth-order valence-corrected chi connectivity index (χ4v) is 4.89. The normalized spacial score (nSPS) is 13.5. The molecule has 2 amide bonds. The Morgan fingerprint density at radius 2 is 1.55 bits per heavy atom. The first-order valence-electron chi connectivity index (χ1n) is 12.6. The molecule has 0 unspecified atom stereocenters. The molecule has 0 atom stereocenters. The number of nitrogens with one attached hydrogen (secondary N) is 2. The van der Waals surface area contributed by atoms with Crippen molar-refractivity contribution in [2.45, 2.75) is 44.7 Å². The van der Waals surface area contributed by atoms with E-state index in [0.29, 0.717) is 11.2 Å². The number of anilines is 1. The van der Waals surface area contributed by atoms with Gasteiger partial charge in [0, 0.05) is 6.04 Å². The summed E-state index contributed by atoms with van der Waals surface area (Å²) in [4.78, 5) is 52.0. The number of amides is 2. The maximum absolute atomic E-state index is 14.0. The van der Waals surface area contributed by atoms with E-state index in [1.54, 1.807) is 54.6 Å². The van der Waals surface area contributed by atoms with Crippen molar-refractivity contribution in [2.75, 3.05) is 5.32 Å². The Kier molecular flexibility index (Phi) is 7.17. The molecule has 1 aromatic heterocycles. The summed E-state index contributed by atoms with van der Waals surface area (Å²) < 4.78 is 16.2. The molecule has 1 aliphatic rings. The highest BCUT2D eigenvalue weighted by atomic mass is 19.1. The lowest BCUT2D eigenvalue weighted by atomic mass is 10.1. The van der Waals surface area contributed by atoms with Crippen LogP contribution in [0.25, 0.3) is 16.6 Å². The number of carbonyl (C=O) groups is 2. The maximum atomic E-state index is 14.0. The van der Waals surface area contributed by atoms with E-state index in [0.717, 1.165) is 35.8 Å². The van der Waals surface area contributed by atoms with Crippen LogP contribution in [0.3, 0.4) is 0 Å². The van der Waals surface area contributed by atoms with Gasteiger partial charge in [-0.15, -0.1) is 0 Å². The fraction of sp³-hybridized carbons (Fsp3) is 0.241. The monoisotopic (exact) mass is 514 g/mol. The topological polar surface area (TPSA) is 102 Å². The van der Waals surface area contributed by atoms with E-state index in [1.165, 1.54) is 22.8 Å². The van der Waals surface area contributed by atoms with Gasteiger partial charge in [0.15, 0.2) is 0 Å². The van der Waals surface area contributed by atoms with E-state index in [4.69, 9.17) is 0 Å². The van der Waals surface area contributed by atoms with E-state index < -0.39 is 29.5 Å². The number of fused-ring (bicyclic) bond motifs is 1. The van der Waals surface area contributed by atoms with Crippen LogP contribution in [0.2, 0.25) is 0 Å². The molecule has 0 radical (unpaired) electrons. The molecule has 0 saturated heterocycles. The second-order valence-electron chi connectivity index (χ2n) is 9.45. The van der Waals surface area contributed by atoms with Gasteiger partial charge in [0.25, 0.3) is 5.56 Å². The third kappa shape index (κ3) is 5.27. The third-order valence-corrected chi connectivity index (χ3v) is 6.78. The molecule has 4 aromatic rings. The van der Waals surface area contributed by atoms with Crippen molar-refractivity contribution >= 4 is 28.4 Å². The van der Waals surface area contributed by atoms with Crippen LogP contribution in [0.15, 0.2) is 82.4 Å². The van der Waals surface area contributed by atoms with Crippen LogP contribution in [0.5, 0.6) is 0 Å².